The highest BCUT2D eigenvalue weighted by molar-refractivity contribution is 6.00. The minimum atomic E-state index is 0.320. The van der Waals surface area contributed by atoms with Crippen molar-refractivity contribution < 1.29 is 0 Å². The number of H-pyrrole nitrogens is 2. The minimum Gasteiger partial charge on any atom is -0.382 e. The summed E-state index contributed by atoms with van der Waals surface area (Å²) in [4.78, 5) is 21.1. The number of aromatic nitrogens is 7. The highest BCUT2D eigenvalue weighted by atomic mass is 15.1. The Morgan fingerprint density at radius 3 is 2.56 bits per heavy atom. The first kappa shape index (κ1) is 20.0. The van der Waals surface area contributed by atoms with Crippen molar-refractivity contribution in [3.63, 3.8) is 0 Å². The van der Waals surface area contributed by atoms with Gasteiger partial charge in [-0.3, -0.25) is 20.1 Å². The van der Waals surface area contributed by atoms with Crippen LogP contribution in [0.4, 0.5) is 5.69 Å². The second kappa shape index (κ2) is 8.08. The molecule has 34 heavy (non-hydrogen) atoms. The van der Waals surface area contributed by atoms with Crippen LogP contribution in [0.5, 0.6) is 0 Å². The van der Waals surface area contributed by atoms with E-state index in [0.29, 0.717) is 6.04 Å². The number of hydrogen-bond donors (Lipinski definition) is 3. The van der Waals surface area contributed by atoms with Crippen molar-refractivity contribution in [2.75, 3.05) is 5.32 Å². The Labute approximate surface area is 195 Å². The van der Waals surface area contributed by atoms with E-state index in [1.807, 2.05) is 49.1 Å². The van der Waals surface area contributed by atoms with E-state index in [1.165, 1.54) is 0 Å². The van der Waals surface area contributed by atoms with Gasteiger partial charge in [0.05, 0.1) is 28.8 Å². The highest BCUT2D eigenvalue weighted by Crippen LogP contribution is 2.34. The molecular weight excluding hydrogens is 424 g/mol. The summed E-state index contributed by atoms with van der Waals surface area (Å²) in [7, 11) is 0. The molecule has 0 radical (unpaired) electrons. The molecule has 0 bridgehead atoms. The predicted molar refractivity (Wildman–Crippen MR) is 134 cm³/mol. The maximum atomic E-state index is 4.63. The zero-order valence-corrected chi connectivity index (χ0v) is 18.7. The topological polar surface area (TPSA) is 108 Å². The first-order valence-electron chi connectivity index (χ1n) is 11.1. The maximum Gasteiger partial charge on any atom is 0.138 e. The lowest BCUT2D eigenvalue weighted by Crippen LogP contribution is -2.09. The Bertz CT molecular complexity index is 1610. The van der Waals surface area contributed by atoms with Gasteiger partial charge in [-0.25, -0.2) is 4.98 Å². The van der Waals surface area contributed by atoms with Gasteiger partial charge in [-0.1, -0.05) is 0 Å². The lowest BCUT2D eigenvalue weighted by atomic mass is 10.0. The molecule has 6 aromatic rings. The average molecular weight is 447 g/mol. The van der Waals surface area contributed by atoms with Crippen LogP contribution in [0.15, 0.2) is 73.6 Å². The lowest BCUT2D eigenvalue weighted by Gasteiger charge is -2.10. The molecule has 3 N–H and O–H groups in total. The molecule has 0 aliphatic heterocycles. The fraction of sp³-hybridized carbons (Fsp3) is 0.115. The van der Waals surface area contributed by atoms with Crippen LogP contribution in [0.25, 0.3) is 55.7 Å². The summed E-state index contributed by atoms with van der Waals surface area (Å²) in [5.41, 5.74) is 8.32. The van der Waals surface area contributed by atoms with Gasteiger partial charge in [0.15, 0.2) is 0 Å². The Balaban J connectivity index is 1.45. The summed E-state index contributed by atoms with van der Waals surface area (Å²) in [6, 6.07) is 12.6. The molecule has 0 fully saturated rings. The molecule has 166 valence electrons. The van der Waals surface area contributed by atoms with Crippen molar-refractivity contribution in [2.24, 2.45) is 0 Å². The predicted octanol–water partition coefficient (Wildman–Crippen LogP) is 5.45. The molecule has 6 heterocycles. The molecule has 0 saturated carbocycles. The summed E-state index contributed by atoms with van der Waals surface area (Å²) in [6.45, 7) is 4.20. The van der Waals surface area contributed by atoms with E-state index in [9.17, 15) is 0 Å². The zero-order chi connectivity index (χ0) is 23.1. The number of rotatable bonds is 5. The van der Waals surface area contributed by atoms with Crippen LogP contribution in [0.2, 0.25) is 0 Å². The van der Waals surface area contributed by atoms with Crippen molar-refractivity contribution in [1.29, 1.82) is 0 Å². The maximum absolute atomic E-state index is 4.63. The van der Waals surface area contributed by atoms with Gasteiger partial charge in [-0.2, -0.15) is 5.10 Å². The third-order valence-corrected chi connectivity index (χ3v) is 5.71. The van der Waals surface area contributed by atoms with Crippen molar-refractivity contribution in [3.8, 4) is 33.8 Å². The van der Waals surface area contributed by atoms with Crippen LogP contribution in [0.1, 0.15) is 13.8 Å². The smallest absolute Gasteiger partial charge is 0.138 e. The second-order valence-corrected chi connectivity index (χ2v) is 8.49. The van der Waals surface area contributed by atoms with Gasteiger partial charge in [-0.15, -0.1) is 0 Å². The number of anilines is 1. The summed E-state index contributed by atoms with van der Waals surface area (Å²) in [5, 5.41) is 13.1. The van der Waals surface area contributed by atoms with Crippen LogP contribution in [0, 0.1) is 0 Å². The van der Waals surface area contributed by atoms with E-state index in [1.54, 1.807) is 12.4 Å². The quantitative estimate of drug-likeness (QED) is 0.325. The Kier molecular flexibility index (Phi) is 4.76. The molecule has 6 aromatic heterocycles. The first-order chi connectivity index (χ1) is 16.7. The third-order valence-electron chi connectivity index (χ3n) is 5.71. The monoisotopic (exact) mass is 446 g/mol. The van der Waals surface area contributed by atoms with Gasteiger partial charge < -0.3 is 10.3 Å². The van der Waals surface area contributed by atoms with Crippen molar-refractivity contribution in [2.45, 2.75) is 19.9 Å². The Hall–Kier alpha value is -4.59. The Morgan fingerprint density at radius 2 is 1.71 bits per heavy atom. The van der Waals surface area contributed by atoms with Gasteiger partial charge >= 0.3 is 0 Å². The van der Waals surface area contributed by atoms with Crippen molar-refractivity contribution >= 4 is 27.6 Å². The average Bonchev–Trinajstić information content (AvgIpc) is 3.48. The van der Waals surface area contributed by atoms with Gasteiger partial charge in [-0.05, 0) is 61.4 Å². The highest BCUT2D eigenvalue weighted by Gasteiger charge is 2.15. The van der Waals surface area contributed by atoms with Crippen LogP contribution >= 0.6 is 0 Å². The van der Waals surface area contributed by atoms with E-state index in [2.05, 4.69) is 66.4 Å². The molecule has 8 heteroatoms. The van der Waals surface area contributed by atoms with E-state index in [0.717, 1.165) is 61.4 Å². The fourth-order valence-corrected chi connectivity index (χ4v) is 4.21. The van der Waals surface area contributed by atoms with Crippen LogP contribution in [-0.4, -0.2) is 41.2 Å². The molecule has 0 aliphatic rings. The van der Waals surface area contributed by atoms with E-state index in [4.69, 9.17) is 0 Å². The van der Waals surface area contributed by atoms with E-state index in [-0.39, 0.29) is 0 Å². The molecule has 0 unspecified atom stereocenters. The number of nitrogens with one attached hydrogen (secondary N) is 3. The van der Waals surface area contributed by atoms with E-state index >= 15 is 0 Å². The van der Waals surface area contributed by atoms with Gasteiger partial charge in [0.1, 0.15) is 11.3 Å². The van der Waals surface area contributed by atoms with E-state index < -0.39 is 0 Å². The lowest BCUT2D eigenvalue weighted by molar-refractivity contribution is 0.898. The van der Waals surface area contributed by atoms with Gasteiger partial charge in [0, 0.05) is 53.4 Å². The Morgan fingerprint density at radius 1 is 0.824 bits per heavy atom. The molecular formula is C26H22N8. The number of aromatic amines is 2. The summed E-state index contributed by atoms with van der Waals surface area (Å²) in [6.07, 6.45) is 10.9. The first-order valence-corrected chi connectivity index (χ1v) is 11.1. The molecule has 0 saturated heterocycles. The summed E-state index contributed by atoms with van der Waals surface area (Å²) >= 11 is 0. The minimum absolute atomic E-state index is 0.320. The summed E-state index contributed by atoms with van der Waals surface area (Å²) in [5.74, 6) is 0. The van der Waals surface area contributed by atoms with Crippen LogP contribution in [-0.2, 0) is 0 Å². The molecule has 6 rings (SSSR count). The standard InChI is InChI=1S/C26H22N8/c1-15(2)31-18-9-17(12-28-13-18)22-11-21-24(14-30-22)33-34-25(21)23-10-20-19(5-8-29-26(20)32-23)16-3-6-27-7-4-16/h3-15,31H,1-2H3,(H,29,32)(H,33,34). The zero-order valence-electron chi connectivity index (χ0n) is 18.7. The van der Waals surface area contributed by atoms with Crippen molar-refractivity contribution in [1.82, 2.24) is 35.1 Å². The summed E-state index contributed by atoms with van der Waals surface area (Å²) < 4.78 is 0. The van der Waals surface area contributed by atoms with Gasteiger partial charge in [0.25, 0.3) is 0 Å². The molecule has 8 nitrogen and oxygen atoms in total. The number of pyridine rings is 4. The molecule has 0 amide bonds. The molecule has 0 aliphatic carbocycles. The number of hydrogen-bond acceptors (Lipinski definition) is 6. The molecule has 0 aromatic carbocycles. The third kappa shape index (κ3) is 3.55. The number of fused-ring (bicyclic) bond motifs is 2. The second-order valence-electron chi connectivity index (χ2n) is 8.49. The SMILES string of the molecule is CC(C)Nc1cncc(-c2cc3c(-c4cc5c(-c6ccncc6)ccnc5[nH]4)n[nH]c3cn2)c1. The largest absolute Gasteiger partial charge is 0.382 e. The molecule has 0 atom stereocenters. The fourth-order valence-electron chi connectivity index (χ4n) is 4.21. The van der Waals surface area contributed by atoms with Crippen molar-refractivity contribution in [3.05, 3.63) is 73.6 Å². The number of nitrogens with zero attached hydrogens (tertiary/aromatic N) is 5. The normalized spacial score (nSPS) is 11.5. The van der Waals surface area contributed by atoms with Crippen LogP contribution < -0.4 is 5.32 Å². The van der Waals surface area contributed by atoms with Crippen LogP contribution in [0.3, 0.4) is 0 Å². The molecule has 0 spiro atoms. The van der Waals surface area contributed by atoms with Gasteiger partial charge in [0.2, 0.25) is 0 Å².